The Kier molecular flexibility index (Phi) is 3.29. The van der Waals surface area contributed by atoms with E-state index in [1.54, 1.807) is 18.7 Å². The first-order valence-electron chi connectivity index (χ1n) is 3.91. The molecular weight excluding hydrogens is 202 g/mol. The van der Waals surface area contributed by atoms with E-state index in [4.69, 9.17) is 10.8 Å². The molecule has 14 heavy (non-hydrogen) atoms. The topological polar surface area (TPSA) is 89.1 Å². The van der Waals surface area contributed by atoms with Crippen molar-refractivity contribution >= 4 is 23.5 Å². The predicted molar refractivity (Wildman–Crippen MR) is 55.4 cm³/mol. The SMILES string of the molecule is CSCc1nc(C)c(C(=O)O)c(N)n1. The lowest BCUT2D eigenvalue weighted by Crippen LogP contribution is -2.11. The number of aromatic nitrogens is 2. The molecule has 0 fully saturated rings. The zero-order chi connectivity index (χ0) is 10.7. The number of carbonyl (C=O) groups is 1. The largest absolute Gasteiger partial charge is 0.477 e. The number of thioether (sulfide) groups is 1. The number of rotatable bonds is 3. The lowest BCUT2D eigenvalue weighted by Gasteiger charge is -2.05. The summed E-state index contributed by atoms with van der Waals surface area (Å²) in [6.45, 7) is 1.62. The maximum absolute atomic E-state index is 10.7. The van der Waals surface area contributed by atoms with Crippen molar-refractivity contribution in [3.05, 3.63) is 17.1 Å². The van der Waals surface area contributed by atoms with Crippen LogP contribution in [0.5, 0.6) is 0 Å². The van der Waals surface area contributed by atoms with E-state index in [1.807, 2.05) is 6.26 Å². The predicted octanol–water partition coefficient (Wildman–Crippen LogP) is 0.928. The molecule has 0 aromatic carbocycles. The summed E-state index contributed by atoms with van der Waals surface area (Å²) in [6, 6.07) is 0. The van der Waals surface area contributed by atoms with Gasteiger partial charge in [-0.05, 0) is 13.2 Å². The monoisotopic (exact) mass is 213 g/mol. The molecule has 1 aromatic rings. The lowest BCUT2D eigenvalue weighted by molar-refractivity contribution is 0.0696. The Morgan fingerprint density at radius 2 is 2.21 bits per heavy atom. The van der Waals surface area contributed by atoms with E-state index < -0.39 is 5.97 Å². The van der Waals surface area contributed by atoms with Gasteiger partial charge in [-0.3, -0.25) is 0 Å². The molecule has 76 valence electrons. The third-order valence-electron chi connectivity index (χ3n) is 1.65. The van der Waals surface area contributed by atoms with Gasteiger partial charge in [-0.15, -0.1) is 0 Å². The van der Waals surface area contributed by atoms with Crippen molar-refractivity contribution in [2.24, 2.45) is 0 Å². The minimum absolute atomic E-state index is 0.00477. The number of carboxylic acids is 1. The van der Waals surface area contributed by atoms with Crippen LogP contribution in [-0.2, 0) is 5.75 Å². The third kappa shape index (κ3) is 2.14. The van der Waals surface area contributed by atoms with Gasteiger partial charge in [-0.25, -0.2) is 14.8 Å². The van der Waals surface area contributed by atoms with E-state index in [0.29, 0.717) is 17.3 Å². The number of aromatic carboxylic acids is 1. The molecule has 1 rings (SSSR count). The van der Waals surface area contributed by atoms with Crippen LogP contribution in [0.25, 0.3) is 0 Å². The van der Waals surface area contributed by atoms with Crippen LogP contribution in [0, 0.1) is 6.92 Å². The maximum Gasteiger partial charge on any atom is 0.341 e. The van der Waals surface area contributed by atoms with Gasteiger partial charge in [-0.1, -0.05) is 0 Å². The highest BCUT2D eigenvalue weighted by Crippen LogP contribution is 2.14. The van der Waals surface area contributed by atoms with Crippen molar-refractivity contribution in [2.75, 3.05) is 12.0 Å². The summed E-state index contributed by atoms with van der Waals surface area (Å²) in [5.74, 6) is 0.146. The zero-order valence-electron chi connectivity index (χ0n) is 7.94. The highest BCUT2D eigenvalue weighted by molar-refractivity contribution is 7.97. The maximum atomic E-state index is 10.7. The van der Waals surface area contributed by atoms with Crippen molar-refractivity contribution in [1.82, 2.24) is 9.97 Å². The minimum Gasteiger partial charge on any atom is -0.477 e. The smallest absolute Gasteiger partial charge is 0.341 e. The Morgan fingerprint density at radius 1 is 1.57 bits per heavy atom. The number of nitrogen functional groups attached to an aromatic ring is 1. The highest BCUT2D eigenvalue weighted by Gasteiger charge is 2.15. The number of nitrogens with zero attached hydrogens (tertiary/aromatic N) is 2. The van der Waals surface area contributed by atoms with Crippen LogP contribution in [0.4, 0.5) is 5.82 Å². The second-order valence-electron chi connectivity index (χ2n) is 2.72. The minimum atomic E-state index is -1.09. The molecule has 0 bridgehead atoms. The van der Waals surface area contributed by atoms with Crippen LogP contribution in [0.3, 0.4) is 0 Å². The quantitative estimate of drug-likeness (QED) is 0.776. The number of anilines is 1. The highest BCUT2D eigenvalue weighted by atomic mass is 32.2. The molecule has 6 heteroatoms. The Labute approximate surface area is 85.7 Å². The van der Waals surface area contributed by atoms with Gasteiger partial charge in [0.2, 0.25) is 0 Å². The summed E-state index contributed by atoms with van der Waals surface area (Å²) in [4.78, 5) is 18.7. The summed E-state index contributed by atoms with van der Waals surface area (Å²) in [7, 11) is 0. The Hall–Kier alpha value is -1.30. The molecule has 5 nitrogen and oxygen atoms in total. The zero-order valence-corrected chi connectivity index (χ0v) is 8.76. The average Bonchev–Trinajstić information content (AvgIpc) is 2.01. The van der Waals surface area contributed by atoms with Gasteiger partial charge in [-0.2, -0.15) is 11.8 Å². The molecule has 0 aliphatic rings. The second-order valence-corrected chi connectivity index (χ2v) is 3.59. The fourth-order valence-electron chi connectivity index (χ4n) is 1.11. The molecule has 0 saturated heterocycles. The molecule has 0 spiro atoms. The second kappa shape index (κ2) is 4.28. The fraction of sp³-hybridized carbons (Fsp3) is 0.375. The molecule has 3 N–H and O–H groups in total. The van der Waals surface area contributed by atoms with Gasteiger partial charge in [0.1, 0.15) is 17.2 Å². The van der Waals surface area contributed by atoms with Crippen molar-refractivity contribution in [2.45, 2.75) is 12.7 Å². The summed E-state index contributed by atoms with van der Waals surface area (Å²) in [6.07, 6.45) is 1.92. The molecule has 0 unspecified atom stereocenters. The van der Waals surface area contributed by atoms with E-state index in [1.165, 1.54) is 0 Å². The standard InChI is InChI=1S/C8H11N3O2S/c1-4-6(8(12)13)7(9)11-5(10-4)3-14-2/h3H2,1-2H3,(H,12,13)(H2,9,10,11). The first kappa shape index (κ1) is 10.8. The van der Waals surface area contributed by atoms with E-state index in [0.717, 1.165) is 0 Å². The molecule has 1 aromatic heterocycles. The van der Waals surface area contributed by atoms with Crippen LogP contribution in [-0.4, -0.2) is 27.3 Å². The van der Waals surface area contributed by atoms with E-state index in [-0.39, 0.29) is 11.4 Å². The van der Waals surface area contributed by atoms with Gasteiger partial charge in [0.15, 0.2) is 0 Å². The van der Waals surface area contributed by atoms with E-state index >= 15 is 0 Å². The molecule has 1 heterocycles. The van der Waals surface area contributed by atoms with E-state index in [2.05, 4.69) is 9.97 Å². The van der Waals surface area contributed by atoms with Crippen LogP contribution in [0.2, 0.25) is 0 Å². The van der Waals surface area contributed by atoms with Crippen molar-refractivity contribution < 1.29 is 9.90 Å². The molecule has 0 amide bonds. The summed E-state index contributed by atoms with van der Waals surface area (Å²) in [5.41, 5.74) is 5.92. The fourth-order valence-corrected chi connectivity index (χ4v) is 1.50. The van der Waals surface area contributed by atoms with E-state index in [9.17, 15) is 4.79 Å². The first-order chi connectivity index (χ1) is 6.56. The normalized spacial score (nSPS) is 10.1. The molecule has 0 aliphatic heterocycles. The number of aryl methyl sites for hydroxylation is 1. The van der Waals surface area contributed by atoms with Gasteiger partial charge >= 0.3 is 5.97 Å². The molecule has 0 atom stereocenters. The Bertz CT molecular complexity index is 345. The summed E-state index contributed by atoms with van der Waals surface area (Å²) >= 11 is 1.56. The van der Waals surface area contributed by atoms with Gasteiger partial charge in [0.25, 0.3) is 0 Å². The van der Waals surface area contributed by atoms with Gasteiger partial charge in [0.05, 0.1) is 11.4 Å². The van der Waals surface area contributed by atoms with Crippen molar-refractivity contribution in [3.8, 4) is 0 Å². The van der Waals surface area contributed by atoms with Crippen molar-refractivity contribution in [3.63, 3.8) is 0 Å². The van der Waals surface area contributed by atoms with Crippen LogP contribution < -0.4 is 5.73 Å². The molecule has 0 saturated carbocycles. The number of hydrogen-bond donors (Lipinski definition) is 2. The van der Waals surface area contributed by atoms with Crippen LogP contribution in [0.15, 0.2) is 0 Å². The molecule has 0 aliphatic carbocycles. The van der Waals surface area contributed by atoms with Crippen LogP contribution >= 0.6 is 11.8 Å². The average molecular weight is 213 g/mol. The lowest BCUT2D eigenvalue weighted by atomic mass is 10.2. The molecular formula is C8H11N3O2S. The Morgan fingerprint density at radius 3 is 2.64 bits per heavy atom. The number of nitrogens with two attached hydrogens (primary N) is 1. The summed E-state index contributed by atoms with van der Waals surface area (Å²) in [5, 5.41) is 8.80. The first-order valence-corrected chi connectivity index (χ1v) is 5.31. The Balaban J connectivity index is 3.18. The van der Waals surface area contributed by atoms with Crippen LogP contribution in [0.1, 0.15) is 21.9 Å². The van der Waals surface area contributed by atoms with Gasteiger partial charge in [0, 0.05) is 0 Å². The van der Waals surface area contributed by atoms with Crippen molar-refractivity contribution in [1.29, 1.82) is 0 Å². The van der Waals surface area contributed by atoms with Gasteiger partial charge < -0.3 is 10.8 Å². The molecule has 0 radical (unpaired) electrons. The summed E-state index contributed by atoms with van der Waals surface area (Å²) < 4.78 is 0. The third-order valence-corrected chi connectivity index (χ3v) is 2.20. The number of hydrogen-bond acceptors (Lipinski definition) is 5. The number of carboxylic acid groups (broad SMARTS) is 1.